The smallest absolute Gasteiger partial charge is 0.233 e. The van der Waals surface area contributed by atoms with Crippen molar-refractivity contribution in [3.8, 4) is 5.75 Å². The van der Waals surface area contributed by atoms with Gasteiger partial charge in [-0.15, -0.1) is 0 Å². The molecule has 3 unspecified atom stereocenters. The van der Waals surface area contributed by atoms with Gasteiger partial charge in [0.25, 0.3) is 0 Å². The monoisotopic (exact) mass is 453 g/mol. The minimum atomic E-state index is -0.420. The van der Waals surface area contributed by atoms with Crippen molar-refractivity contribution in [2.75, 3.05) is 51.3 Å². The van der Waals surface area contributed by atoms with Gasteiger partial charge in [-0.3, -0.25) is 24.2 Å². The Morgan fingerprint density at radius 2 is 1.73 bits per heavy atom. The van der Waals surface area contributed by atoms with E-state index in [9.17, 15) is 14.4 Å². The van der Waals surface area contributed by atoms with Crippen molar-refractivity contribution in [2.24, 2.45) is 29.1 Å². The number of ketones is 1. The van der Waals surface area contributed by atoms with Crippen LogP contribution in [0.2, 0.25) is 0 Å². The van der Waals surface area contributed by atoms with Gasteiger partial charge in [-0.1, -0.05) is 26.0 Å². The second-order valence-electron chi connectivity index (χ2n) is 10.7. The molecule has 7 nitrogen and oxygen atoms in total. The number of carbonyl (C=O) groups is 3. The second kappa shape index (κ2) is 8.42. The third kappa shape index (κ3) is 3.65. The fourth-order valence-corrected chi connectivity index (χ4v) is 7.18. The summed E-state index contributed by atoms with van der Waals surface area (Å²) in [5.41, 5.74) is 0.772. The summed E-state index contributed by atoms with van der Waals surface area (Å²) < 4.78 is 5.50. The average Bonchev–Trinajstić information content (AvgIpc) is 3.05. The molecular formula is C26H35N3O4. The molecule has 5 fully saturated rings. The van der Waals surface area contributed by atoms with Crippen LogP contribution in [0.3, 0.4) is 0 Å². The molecule has 178 valence electrons. The van der Waals surface area contributed by atoms with E-state index in [0.29, 0.717) is 13.0 Å². The molecule has 2 saturated heterocycles. The summed E-state index contributed by atoms with van der Waals surface area (Å²) in [6.07, 6.45) is 2.09. The fourth-order valence-electron chi connectivity index (χ4n) is 7.18. The van der Waals surface area contributed by atoms with Gasteiger partial charge in [0.05, 0.1) is 24.6 Å². The van der Waals surface area contributed by atoms with E-state index in [1.807, 2.05) is 25.1 Å². The van der Waals surface area contributed by atoms with Crippen LogP contribution in [0.5, 0.6) is 5.75 Å². The molecular weight excluding hydrogens is 418 g/mol. The number of likely N-dealkylation sites (tertiary alicyclic amines) is 1. The van der Waals surface area contributed by atoms with Gasteiger partial charge in [-0.05, 0) is 42.9 Å². The predicted octanol–water partition coefficient (Wildman–Crippen LogP) is 2.44. The first-order chi connectivity index (χ1) is 15.8. The number of fused-ring (bicyclic) bond motifs is 2. The van der Waals surface area contributed by atoms with Gasteiger partial charge in [0.1, 0.15) is 11.5 Å². The first-order valence-corrected chi connectivity index (χ1v) is 12.3. The lowest BCUT2D eigenvalue weighted by atomic mass is 9.48. The quantitative estimate of drug-likeness (QED) is 0.617. The summed E-state index contributed by atoms with van der Waals surface area (Å²) in [5, 5.41) is 0. The number of piperazine rings is 1. The highest BCUT2D eigenvalue weighted by Gasteiger charge is 2.66. The van der Waals surface area contributed by atoms with Crippen LogP contribution >= 0.6 is 0 Å². The van der Waals surface area contributed by atoms with Crippen LogP contribution in [0.25, 0.3) is 0 Å². The Morgan fingerprint density at radius 3 is 2.42 bits per heavy atom. The Morgan fingerprint density at radius 1 is 1.00 bits per heavy atom. The van der Waals surface area contributed by atoms with E-state index < -0.39 is 5.92 Å². The first-order valence-electron chi connectivity index (χ1n) is 12.3. The molecule has 3 aliphatic carbocycles. The molecule has 33 heavy (non-hydrogen) atoms. The maximum atomic E-state index is 13.3. The number of para-hydroxylation sites is 2. The number of anilines is 1. The summed E-state index contributed by atoms with van der Waals surface area (Å²) in [5.74, 6) is 0.169. The van der Waals surface area contributed by atoms with Crippen molar-refractivity contribution < 1.29 is 19.1 Å². The molecule has 5 aliphatic rings. The van der Waals surface area contributed by atoms with Crippen LogP contribution in [-0.4, -0.2) is 73.8 Å². The Hall–Kier alpha value is -2.41. The number of hydrogen-bond donors (Lipinski definition) is 0. The Labute approximate surface area is 196 Å². The lowest BCUT2D eigenvalue weighted by Crippen LogP contribution is -2.56. The number of nitrogens with zero attached hydrogens (tertiary/aromatic N) is 3. The largest absolute Gasteiger partial charge is 0.495 e. The van der Waals surface area contributed by atoms with Gasteiger partial charge in [0.15, 0.2) is 0 Å². The van der Waals surface area contributed by atoms with Gasteiger partial charge in [-0.2, -0.15) is 0 Å². The van der Waals surface area contributed by atoms with Crippen molar-refractivity contribution >= 4 is 23.3 Å². The molecule has 7 heteroatoms. The molecule has 0 N–H and O–H groups in total. The van der Waals surface area contributed by atoms with E-state index in [1.165, 1.54) is 4.90 Å². The zero-order chi connectivity index (χ0) is 23.3. The lowest BCUT2D eigenvalue weighted by Gasteiger charge is -2.52. The average molecular weight is 454 g/mol. The lowest BCUT2D eigenvalue weighted by molar-refractivity contribution is -0.157. The minimum absolute atomic E-state index is 0.0297. The van der Waals surface area contributed by atoms with Crippen LogP contribution < -0.4 is 9.64 Å². The normalized spacial score (nSPS) is 34.2. The SMILES string of the molecule is COc1ccccc1N1CCN(CCCN2C(=O)C3C(C2=O)[C@@]2(C)CC(=O)[C@@H]3C(C)C2)CC1. The third-order valence-corrected chi connectivity index (χ3v) is 8.59. The van der Waals surface area contributed by atoms with Crippen LogP contribution in [0.1, 0.15) is 33.1 Å². The number of hydrogen-bond acceptors (Lipinski definition) is 6. The van der Waals surface area contributed by atoms with Crippen LogP contribution in [0, 0.1) is 29.1 Å². The number of rotatable bonds is 6. The number of benzene rings is 1. The molecule has 5 atom stereocenters. The number of amides is 2. The highest BCUT2D eigenvalue weighted by atomic mass is 16.5. The topological polar surface area (TPSA) is 70.2 Å². The summed E-state index contributed by atoms with van der Waals surface area (Å²) in [4.78, 5) is 45.4. The van der Waals surface area contributed by atoms with Gasteiger partial charge in [0, 0.05) is 45.1 Å². The molecule has 2 amide bonds. The molecule has 1 aromatic rings. The second-order valence-corrected chi connectivity index (χ2v) is 10.7. The molecule has 0 aromatic heterocycles. The first kappa shape index (κ1) is 22.4. The summed E-state index contributed by atoms with van der Waals surface area (Å²) in [7, 11) is 1.70. The van der Waals surface area contributed by atoms with E-state index in [-0.39, 0.29) is 40.8 Å². The Balaban J connectivity index is 1.16. The standard InChI is InChI=1S/C26H35N3O4/c1-17-15-26(2)16-19(30)21(17)22-23(26)25(32)29(24(22)31)10-6-9-27-11-13-28(14-12-27)18-7-4-5-8-20(18)33-3/h4-5,7-8,17,21-23H,6,9-16H2,1-3H3/t17?,21-,22?,23?,26+/m0/s1. The van der Waals surface area contributed by atoms with Gasteiger partial charge in [0.2, 0.25) is 11.8 Å². The summed E-state index contributed by atoms with van der Waals surface area (Å²) >= 11 is 0. The Kier molecular flexibility index (Phi) is 5.71. The van der Waals surface area contributed by atoms with Gasteiger partial charge < -0.3 is 9.64 Å². The zero-order valence-corrected chi connectivity index (χ0v) is 20.0. The zero-order valence-electron chi connectivity index (χ0n) is 20.0. The number of carbonyl (C=O) groups excluding carboxylic acids is 3. The summed E-state index contributed by atoms with van der Waals surface area (Å²) in [6.45, 7) is 9.17. The highest BCUT2D eigenvalue weighted by molar-refractivity contribution is 6.09. The van der Waals surface area contributed by atoms with Gasteiger partial charge in [-0.25, -0.2) is 0 Å². The van der Waals surface area contributed by atoms with Crippen LogP contribution in [0.15, 0.2) is 24.3 Å². The molecule has 0 radical (unpaired) electrons. The number of Topliss-reactive ketones (excluding diaryl/α,β-unsaturated/α-hetero) is 1. The maximum absolute atomic E-state index is 13.3. The fraction of sp³-hybridized carbons (Fsp3) is 0.654. The molecule has 3 saturated carbocycles. The number of ether oxygens (including phenoxy) is 1. The van der Waals surface area contributed by atoms with Crippen molar-refractivity contribution in [2.45, 2.75) is 33.1 Å². The minimum Gasteiger partial charge on any atom is -0.495 e. The van der Waals surface area contributed by atoms with Crippen molar-refractivity contribution in [3.05, 3.63) is 24.3 Å². The highest BCUT2D eigenvalue weighted by Crippen LogP contribution is 2.60. The number of imide groups is 1. The van der Waals surface area contributed by atoms with Crippen molar-refractivity contribution in [1.82, 2.24) is 9.80 Å². The Bertz CT molecular complexity index is 957. The van der Waals surface area contributed by atoms with Crippen molar-refractivity contribution in [1.29, 1.82) is 0 Å². The van der Waals surface area contributed by atoms with Gasteiger partial charge >= 0.3 is 0 Å². The van der Waals surface area contributed by atoms with Crippen LogP contribution in [0.4, 0.5) is 5.69 Å². The molecule has 1 aromatic carbocycles. The van der Waals surface area contributed by atoms with E-state index in [0.717, 1.165) is 57.0 Å². The van der Waals surface area contributed by atoms with E-state index >= 15 is 0 Å². The molecule has 2 aliphatic heterocycles. The van der Waals surface area contributed by atoms with Crippen molar-refractivity contribution in [3.63, 3.8) is 0 Å². The predicted molar refractivity (Wildman–Crippen MR) is 125 cm³/mol. The van der Waals surface area contributed by atoms with E-state index in [1.54, 1.807) is 7.11 Å². The molecule has 2 bridgehead atoms. The third-order valence-electron chi connectivity index (χ3n) is 8.59. The van der Waals surface area contributed by atoms with Crippen LogP contribution in [-0.2, 0) is 14.4 Å². The molecule has 6 rings (SSSR count). The number of methoxy groups -OCH3 is 1. The molecule has 2 heterocycles. The van der Waals surface area contributed by atoms with E-state index in [4.69, 9.17) is 4.74 Å². The maximum Gasteiger partial charge on any atom is 0.233 e. The van der Waals surface area contributed by atoms with E-state index in [2.05, 4.69) is 22.8 Å². The summed E-state index contributed by atoms with van der Waals surface area (Å²) in [6, 6.07) is 8.10. The molecule has 0 spiro atoms.